The summed E-state index contributed by atoms with van der Waals surface area (Å²) in [5.74, 6) is 0.740. The number of halogens is 1. The molecule has 31 heavy (non-hydrogen) atoms. The van der Waals surface area contributed by atoms with Crippen molar-refractivity contribution < 1.29 is 14.3 Å². The first-order valence-corrected chi connectivity index (χ1v) is 11.7. The number of hydrogen-bond donors (Lipinski definition) is 0. The molecule has 168 valence electrons. The summed E-state index contributed by atoms with van der Waals surface area (Å²) < 4.78 is 11.8. The molecule has 1 amide bonds. The molecule has 0 radical (unpaired) electrons. The zero-order valence-corrected chi connectivity index (χ0v) is 20.4. The van der Waals surface area contributed by atoms with Crippen LogP contribution in [0.3, 0.4) is 0 Å². The molecule has 0 atom stereocenters. The second-order valence-corrected chi connectivity index (χ2v) is 9.45. The van der Waals surface area contributed by atoms with Gasteiger partial charge in [-0.1, -0.05) is 11.3 Å². The topological polar surface area (TPSA) is 67.8 Å². The molecule has 1 fully saturated rings. The van der Waals surface area contributed by atoms with Crippen molar-refractivity contribution in [3.63, 3.8) is 0 Å². The molecule has 0 unspecified atom stereocenters. The Bertz CT molecular complexity index is 1030. The summed E-state index contributed by atoms with van der Waals surface area (Å²) in [6.07, 6.45) is 0.877. The third kappa shape index (κ3) is 5.53. The number of hydrogen-bond acceptors (Lipinski definition) is 8. The maximum Gasteiger partial charge on any atom is 0.272 e. The normalized spacial score (nSPS) is 14.4. The molecule has 2 aromatic heterocycles. The second-order valence-electron chi connectivity index (χ2n) is 7.24. The number of carbonyl (C=O) groups is 1. The number of carbonyl (C=O) groups excluding carboxylic acids is 1. The van der Waals surface area contributed by atoms with Crippen LogP contribution in [0.5, 0.6) is 5.75 Å². The van der Waals surface area contributed by atoms with E-state index in [1.807, 2.05) is 36.9 Å². The van der Waals surface area contributed by atoms with Crippen molar-refractivity contribution in [3.8, 4) is 5.75 Å². The number of nitrogens with zero attached hydrogens (tertiary/aromatic N) is 4. The van der Waals surface area contributed by atoms with E-state index in [-0.39, 0.29) is 18.3 Å². The van der Waals surface area contributed by atoms with Crippen LogP contribution in [0.4, 0.5) is 5.13 Å². The molecular formula is C21H27ClN4O3S2. The fraction of sp³-hybridized carbons (Fsp3) is 0.476. The summed E-state index contributed by atoms with van der Waals surface area (Å²) in [7, 11) is 1.64. The van der Waals surface area contributed by atoms with Crippen LogP contribution >= 0.6 is 35.1 Å². The van der Waals surface area contributed by atoms with E-state index in [0.29, 0.717) is 11.4 Å². The monoisotopic (exact) mass is 482 g/mol. The third-order valence-corrected chi connectivity index (χ3v) is 7.24. The molecule has 1 aromatic carbocycles. The van der Waals surface area contributed by atoms with Crippen LogP contribution in [0.15, 0.2) is 18.2 Å². The van der Waals surface area contributed by atoms with Crippen LogP contribution in [0.25, 0.3) is 10.2 Å². The highest BCUT2D eigenvalue weighted by atomic mass is 35.5. The first-order valence-electron chi connectivity index (χ1n) is 10.1. The van der Waals surface area contributed by atoms with Crippen molar-refractivity contribution in [2.75, 3.05) is 51.4 Å². The quantitative estimate of drug-likeness (QED) is 0.503. The standard InChI is InChI=1S/C21H26N4O3S2.ClH/c1-14-19(29-15(2)22-14)20(26)25(8-4-7-24-9-11-28-12-10-24)21-23-17-13-16(27-3)5-6-18(17)30-21;/h5-6,13H,4,7-12H2,1-3H3;1H. The van der Waals surface area contributed by atoms with Gasteiger partial charge in [-0.2, -0.15) is 0 Å². The van der Waals surface area contributed by atoms with Crippen LogP contribution in [-0.2, 0) is 4.74 Å². The average molecular weight is 483 g/mol. The van der Waals surface area contributed by atoms with Gasteiger partial charge in [0.25, 0.3) is 5.91 Å². The van der Waals surface area contributed by atoms with Crippen molar-refractivity contribution in [3.05, 3.63) is 33.8 Å². The lowest BCUT2D eigenvalue weighted by atomic mass is 10.3. The molecule has 3 aromatic rings. The Morgan fingerprint density at radius 2 is 2.00 bits per heavy atom. The molecule has 0 bridgehead atoms. The summed E-state index contributed by atoms with van der Waals surface area (Å²) in [5, 5.41) is 1.62. The highest BCUT2D eigenvalue weighted by Gasteiger charge is 2.25. The predicted octanol–water partition coefficient (Wildman–Crippen LogP) is 4.17. The Labute approximate surface area is 196 Å². The maximum atomic E-state index is 13.5. The molecule has 4 rings (SSSR count). The van der Waals surface area contributed by atoms with Crippen LogP contribution in [0, 0.1) is 13.8 Å². The molecule has 0 spiro atoms. The molecule has 0 saturated carbocycles. The second kappa shape index (κ2) is 10.7. The minimum absolute atomic E-state index is 0. The van der Waals surface area contributed by atoms with Gasteiger partial charge in [0.2, 0.25) is 0 Å². The van der Waals surface area contributed by atoms with Gasteiger partial charge in [0.1, 0.15) is 10.6 Å². The van der Waals surface area contributed by atoms with Crippen LogP contribution in [0.1, 0.15) is 26.8 Å². The Kier molecular flexibility index (Phi) is 8.23. The molecule has 7 nitrogen and oxygen atoms in total. The van der Waals surface area contributed by atoms with E-state index in [9.17, 15) is 4.79 Å². The molecule has 10 heteroatoms. The number of rotatable bonds is 7. The summed E-state index contributed by atoms with van der Waals surface area (Å²) in [6, 6.07) is 5.83. The van der Waals surface area contributed by atoms with Gasteiger partial charge >= 0.3 is 0 Å². The predicted molar refractivity (Wildman–Crippen MR) is 129 cm³/mol. The fourth-order valence-electron chi connectivity index (χ4n) is 3.55. The van der Waals surface area contributed by atoms with Crippen LogP contribution in [0.2, 0.25) is 0 Å². The third-order valence-electron chi connectivity index (χ3n) is 5.12. The smallest absolute Gasteiger partial charge is 0.272 e. The summed E-state index contributed by atoms with van der Waals surface area (Å²) >= 11 is 2.98. The van der Waals surface area contributed by atoms with Crippen molar-refractivity contribution in [2.24, 2.45) is 0 Å². The molecule has 3 heterocycles. The number of methoxy groups -OCH3 is 1. The number of aryl methyl sites for hydroxylation is 2. The highest BCUT2D eigenvalue weighted by molar-refractivity contribution is 7.22. The van der Waals surface area contributed by atoms with Gasteiger partial charge in [0.05, 0.1) is 41.2 Å². The van der Waals surface area contributed by atoms with Gasteiger partial charge < -0.3 is 9.47 Å². The number of benzene rings is 1. The maximum absolute atomic E-state index is 13.5. The van der Waals surface area contributed by atoms with Gasteiger partial charge in [0.15, 0.2) is 5.13 Å². The van der Waals surface area contributed by atoms with Crippen molar-refractivity contribution in [1.29, 1.82) is 0 Å². The summed E-state index contributed by atoms with van der Waals surface area (Å²) in [6.45, 7) is 8.83. The SMILES string of the molecule is COc1ccc2sc(N(CCCN3CCOCC3)C(=O)c3sc(C)nc3C)nc2c1.Cl. The molecular weight excluding hydrogens is 456 g/mol. The van der Waals surface area contributed by atoms with Crippen LogP contribution < -0.4 is 9.64 Å². The molecule has 0 N–H and O–H groups in total. The first kappa shape index (κ1) is 23.9. The van der Waals surface area contributed by atoms with Gasteiger partial charge in [-0.25, -0.2) is 9.97 Å². The first-order chi connectivity index (χ1) is 14.5. The number of amides is 1. The molecule has 1 aliphatic heterocycles. The summed E-state index contributed by atoms with van der Waals surface area (Å²) in [5.41, 5.74) is 1.63. The van der Waals surface area contributed by atoms with Crippen molar-refractivity contribution in [1.82, 2.24) is 14.9 Å². The van der Waals surface area contributed by atoms with Gasteiger partial charge in [0, 0.05) is 32.2 Å². The van der Waals surface area contributed by atoms with Crippen LogP contribution in [-0.4, -0.2) is 67.3 Å². The number of morpholine rings is 1. The van der Waals surface area contributed by atoms with E-state index in [4.69, 9.17) is 14.5 Å². The van der Waals surface area contributed by atoms with E-state index in [2.05, 4.69) is 9.88 Å². The van der Waals surface area contributed by atoms with Gasteiger partial charge in [-0.05, 0) is 32.4 Å². The lowest BCUT2D eigenvalue weighted by Gasteiger charge is -2.27. The molecule has 0 aliphatic carbocycles. The van der Waals surface area contributed by atoms with Gasteiger partial charge in [-0.3, -0.25) is 14.6 Å². The summed E-state index contributed by atoms with van der Waals surface area (Å²) in [4.78, 5) is 27.6. The van der Waals surface area contributed by atoms with E-state index in [1.165, 1.54) is 22.7 Å². The Morgan fingerprint density at radius 3 is 2.68 bits per heavy atom. The van der Waals surface area contributed by atoms with E-state index in [1.54, 1.807) is 7.11 Å². The largest absolute Gasteiger partial charge is 0.497 e. The lowest BCUT2D eigenvalue weighted by Crippen LogP contribution is -2.39. The van der Waals surface area contributed by atoms with Crippen molar-refractivity contribution >= 4 is 56.3 Å². The van der Waals surface area contributed by atoms with E-state index in [0.717, 1.165) is 71.1 Å². The number of anilines is 1. The average Bonchev–Trinajstić information content (AvgIpc) is 3.33. The highest BCUT2D eigenvalue weighted by Crippen LogP contribution is 2.33. The number of aromatic nitrogens is 2. The lowest BCUT2D eigenvalue weighted by molar-refractivity contribution is 0.0376. The minimum atomic E-state index is -0.0221. The van der Waals surface area contributed by atoms with Gasteiger partial charge in [-0.15, -0.1) is 23.7 Å². The number of fused-ring (bicyclic) bond motifs is 1. The van der Waals surface area contributed by atoms with E-state index < -0.39 is 0 Å². The Hall–Kier alpha value is -1.78. The molecule has 1 saturated heterocycles. The number of ether oxygens (including phenoxy) is 2. The zero-order valence-electron chi connectivity index (χ0n) is 17.9. The van der Waals surface area contributed by atoms with Crippen molar-refractivity contribution in [2.45, 2.75) is 20.3 Å². The molecule has 1 aliphatic rings. The Balaban J connectivity index is 0.00000272. The zero-order chi connectivity index (χ0) is 21.1. The Morgan fingerprint density at radius 1 is 1.23 bits per heavy atom. The van der Waals surface area contributed by atoms with E-state index >= 15 is 0 Å². The fourth-order valence-corrected chi connectivity index (χ4v) is 5.39. The number of thiazole rings is 2. The minimum Gasteiger partial charge on any atom is -0.497 e.